The molecule has 0 radical (unpaired) electrons. The molecule has 1 aromatic heterocycles. The Morgan fingerprint density at radius 1 is 0.800 bits per heavy atom. The van der Waals surface area contributed by atoms with Crippen molar-refractivity contribution < 1.29 is 38.0 Å². The maximum atomic E-state index is 8.49. The van der Waals surface area contributed by atoms with Crippen LogP contribution in [0, 0.1) is 10.2 Å². The van der Waals surface area contributed by atoms with E-state index in [2.05, 4.69) is 57.2 Å². The molecule has 7 heteroatoms. The lowest BCUT2D eigenvalue weighted by Gasteiger charge is -2.17. The maximum absolute atomic E-state index is 8.49. The Labute approximate surface area is 178 Å². The second-order valence-corrected chi connectivity index (χ2v) is 8.28. The highest BCUT2D eigenvalue weighted by Gasteiger charge is 2.29. The van der Waals surface area contributed by atoms with Crippen LogP contribution in [0.25, 0.3) is 22.5 Å². The molecule has 6 nitrogen and oxygen atoms in total. The van der Waals surface area contributed by atoms with Crippen molar-refractivity contribution in [2.45, 2.75) is 33.1 Å². The average Bonchev–Trinajstić information content (AvgIpc) is 2.67. The van der Waals surface area contributed by atoms with Crippen LogP contribution in [0.4, 0.5) is 0 Å². The van der Waals surface area contributed by atoms with E-state index in [1.807, 2.05) is 37.3 Å². The van der Waals surface area contributed by atoms with Gasteiger partial charge in [-0.3, -0.25) is 0 Å². The third-order valence-corrected chi connectivity index (χ3v) is 4.09. The summed E-state index contributed by atoms with van der Waals surface area (Å²) in [6, 6.07) is 22.7. The fraction of sp³-hybridized carbons (Fsp3) is 0.261. The van der Waals surface area contributed by atoms with Gasteiger partial charge in [0.1, 0.15) is 5.75 Å². The Bertz CT molecular complexity index is 923. The van der Waals surface area contributed by atoms with Crippen molar-refractivity contribution in [2.24, 2.45) is 0 Å². The summed E-state index contributed by atoms with van der Waals surface area (Å²) in [6.45, 7) is 9.16. The SMILES string of the molecule is CCOc1ccc(-c2cc(-c3ccccc3)cc(C(C)(C)C)[o+]2)cc1.[O-][Cl+3]([O-])([O-])[O-]. The van der Waals surface area contributed by atoms with Crippen molar-refractivity contribution in [1.29, 1.82) is 0 Å². The first-order valence-electron chi connectivity index (χ1n) is 9.36. The van der Waals surface area contributed by atoms with E-state index in [4.69, 9.17) is 27.8 Å². The highest BCUT2D eigenvalue weighted by molar-refractivity contribution is 5.70. The van der Waals surface area contributed by atoms with Gasteiger partial charge in [0.25, 0.3) is 0 Å². The van der Waals surface area contributed by atoms with E-state index < -0.39 is 10.2 Å². The Morgan fingerprint density at radius 3 is 1.87 bits per heavy atom. The predicted octanol–water partition coefficient (Wildman–Crippen LogP) is 1.83. The van der Waals surface area contributed by atoms with E-state index in [1.54, 1.807) is 0 Å². The van der Waals surface area contributed by atoms with Crippen molar-refractivity contribution in [3.05, 3.63) is 72.5 Å². The Morgan fingerprint density at radius 2 is 1.37 bits per heavy atom. The second-order valence-electron chi connectivity index (χ2n) is 7.53. The largest absolute Gasteiger partial charge is 0.494 e. The second kappa shape index (κ2) is 10.0. The number of hydrogen-bond donors (Lipinski definition) is 0. The minimum absolute atomic E-state index is 0.0647. The van der Waals surface area contributed by atoms with Gasteiger partial charge in [-0.25, -0.2) is 23.1 Å². The number of ether oxygens (including phenoxy) is 1. The highest BCUT2D eigenvalue weighted by Crippen LogP contribution is 2.33. The number of benzene rings is 2. The highest BCUT2D eigenvalue weighted by atomic mass is 35.7. The van der Waals surface area contributed by atoms with Gasteiger partial charge in [0, 0.05) is 11.6 Å². The lowest BCUT2D eigenvalue weighted by molar-refractivity contribution is -2.00. The molecule has 0 fully saturated rings. The summed E-state index contributed by atoms with van der Waals surface area (Å²) in [5, 5.41) is 0. The number of hydrogen-bond acceptors (Lipinski definition) is 5. The third kappa shape index (κ3) is 7.74. The normalized spacial score (nSPS) is 11.5. The zero-order chi connectivity index (χ0) is 22.4. The fourth-order valence-corrected chi connectivity index (χ4v) is 2.69. The zero-order valence-electron chi connectivity index (χ0n) is 17.4. The van der Waals surface area contributed by atoms with Gasteiger partial charge in [0.2, 0.25) is 0 Å². The molecule has 0 unspecified atom stereocenters. The summed E-state index contributed by atoms with van der Waals surface area (Å²) in [5.74, 6) is 2.72. The molecule has 0 aliphatic carbocycles. The standard InChI is InChI=1S/C23H25O2.ClHO4/c1-5-24-20-13-11-18(12-14-20)21-15-19(17-9-7-6-8-10-17)16-22(25-21)23(2,3)4;2-1(3,4)5/h6-16H,5H2,1-4H3;(H,2,3,4,5)/q+1;/p-1. The van der Waals surface area contributed by atoms with Crippen molar-refractivity contribution in [2.75, 3.05) is 6.61 Å². The maximum Gasteiger partial charge on any atom is 0.360 e. The van der Waals surface area contributed by atoms with Gasteiger partial charge >= 0.3 is 11.5 Å². The molecule has 0 saturated heterocycles. The Kier molecular flexibility index (Phi) is 7.95. The predicted molar refractivity (Wildman–Crippen MR) is 104 cm³/mol. The van der Waals surface area contributed by atoms with E-state index in [1.165, 1.54) is 11.1 Å². The van der Waals surface area contributed by atoms with Gasteiger partial charge in [-0.15, -0.1) is 10.2 Å². The first kappa shape index (κ1) is 23.8. The van der Waals surface area contributed by atoms with Crippen LogP contribution in [0.15, 0.2) is 71.1 Å². The molecule has 0 bridgehead atoms. The molecule has 0 spiro atoms. The monoisotopic (exact) mass is 432 g/mol. The third-order valence-electron chi connectivity index (χ3n) is 4.09. The minimum Gasteiger partial charge on any atom is -0.494 e. The van der Waals surface area contributed by atoms with Gasteiger partial charge in [-0.05, 0) is 57.5 Å². The van der Waals surface area contributed by atoms with Crippen LogP contribution in [-0.4, -0.2) is 6.61 Å². The summed E-state index contributed by atoms with van der Waals surface area (Å²) in [5.41, 5.74) is 3.34. The van der Waals surface area contributed by atoms with Crippen LogP contribution in [-0.2, 0) is 5.41 Å². The van der Waals surface area contributed by atoms with Gasteiger partial charge in [0.15, 0.2) is 0 Å². The molecule has 160 valence electrons. The molecule has 0 atom stereocenters. The van der Waals surface area contributed by atoms with Gasteiger partial charge in [-0.1, -0.05) is 30.3 Å². The molecular formula is C23H25ClO6. The van der Waals surface area contributed by atoms with Crippen LogP contribution in [0.2, 0.25) is 0 Å². The first-order chi connectivity index (χ1) is 14.0. The van der Waals surface area contributed by atoms with Crippen LogP contribution in [0.1, 0.15) is 33.5 Å². The summed E-state index contributed by atoms with van der Waals surface area (Å²) in [6.07, 6.45) is 0. The molecule has 0 amide bonds. The Hall–Kier alpha value is -2.48. The number of rotatable bonds is 4. The van der Waals surface area contributed by atoms with E-state index in [0.29, 0.717) is 6.61 Å². The molecule has 0 aliphatic rings. The van der Waals surface area contributed by atoms with E-state index >= 15 is 0 Å². The fourth-order valence-electron chi connectivity index (χ4n) is 2.69. The molecule has 3 rings (SSSR count). The molecule has 1 heterocycles. The quantitative estimate of drug-likeness (QED) is 0.581. The van der Waals surface area contributed by atoms with Crippen molar-refractivity contribution in [3.63, 3.8) is 0 Å². The topological polar surface area (TPSA) is 113 Å². The first-order valence-corrected chi connectivity index (χ1v) is 10.6. The van der Waals surface area contributed by atoms with Crippen LogP contribution < -0.4 is 23.4 Å². The molecule has 3 aromatic rings. The van der Waals surface area contributed by atoms with E-state index in [0.717, 1.165) is 22.8 Å². The van der Waals surface area contributed by atoms with Gasteiger partial charge in [0.05, 0.1) is 23.7 Å². The van der Waals surface area contributed by atoms with E-state index in [9.17, 15) is 0 Å². The van der Waals surface area contributed by atoms with Gasteiger partial charge < -0.3 is 4.74 Å². The smallest absolute Gasteiger partial charge is 0.360 e. The van der Waals surface area contributed by atoms with Crippen LogP contribution in [0.3, 0.4) is 0 Å². The molecule has 2 aromatic carbocycles. The lowest BCUT2D eigenvalue weighted by atomic mass is 9.90. The van der Waals surface area contributed by atoms with E-state index in [-0.39, 0.29) is 5.41 Å². The van der Waals surface area contributed by atoms with Crippen LogP contribution >= 0.6 is 0 Å². The summed E-state index contributed by atoms with van der Waals surface area (Å²) < 4.78 is 45.8. The van der Waals surface area contributed by atoms with Crippen molar-refractivity contribution >= 4 is 0 Å². The zero-order valence-corrected chi connectivity index (χ0v) is 18.1. The van der Waals surface area contributed by atoms with Crippen molar-refractivity contribution in [1.82, 2.24) is 0 Å². The summed E-state index contributed by atoms with van der Waals surface area (Å²) >= 11 is 0. The van der Waals surface area contributed by atoms with Gasteiger partial charge in [-0.2, -0.15) is 0 Å². The molecular weight excluding hydrogens is 408 g/mol. The number of halogens is 1. The molecule has 0 saturated carbocycles. The molecule has 30 heavy (non-hydrogen) atoms. The molecule has 0 N–H and O–H groups in total. The van der Waals surface area contributed by atoms with Crippen LogP contribution in [0.5, 0.6) is 5.75 Å². The summed E-state index contributed by atoms with van der Waals surface area (Å²) in [7, 11) is -4.94. The Balaban J connectivity index is 0.000000575. The minimum atomic E-state index is -4.94. The molecule has 0 aliphatic heterocycles. The lowest BCUT2D eigenvalue weighted by Crippen LogP contribution is -2.68. The average molecular weight is 433 g/mol. The summed E-state index contributed by atoms with van der Waals surface area (Å²) in [4.78, 5) is 0. The van der Waals surface area contributed by atoms with Crippen molar-refractivity contribution in [3.8, 4) is 28.2 Å².